The van der Waals surface area contributed by atoms with Crippen molar-refractivity contribution >= 4 is 23.2 Å². The summed E-state index contributed by atoms with van der Waals surface area (Å²) in [6, 6.07) is 15.4. The molecule has 0 fully saturated rings. The van der Waals surface area contributed by atoms with Crippen LogP contribution in [0.2, 0.25) is 10.0 Å². The normalized spacial score (nSPS) is 22.0. The fourth-order valence-corrected chi connectivity index (χ4v) is 4.00. The Morgan fingerprint density at radius 3 is 2.48 bits per heavy atom. The Morgan fingerprint density at radius 2 is 1.78 bits per heavy atom. The third kappa shape index (κ3) is 3.42. The van der Waals surface area contributed by atoms with Crippen LogP contribution in [0.3, 0.4) is 0 Å². The van der Waals surface area contributed by atoms with Gasteiger partial charge in [0.25, 0.3) is 0 Å². The predicted octanol–water partition coefficient (Wildman–Crippen LogP) is 5.64. The molecule has 1 aliphatic rings. The fourth-order valence-electron chi connectivity index (χ4n) is 3.69. The number of nitrogens with zero attached hydrogens (tertiary/aromatic N) is 1. The van der Waals surface area contributed by atoms with Crippen molar-refractivity contribution < 1.29 is 0 Å². The molecular formula is C20H23Cl2N. The highest BCUT2D eigenvalue weighted by Gasteiger charge is 2.31. The molecular weight excluding hydrogens is 325 g/mol. The predicted molar refractivity (Wildman–Crippen MR) is 99.7 cm³/mol. The maximum Gasteiger partial charge on any atom is 0.0595 e. The number of hydrogen-bond acceptors (Lipinski definition) is 1. The Kier molecular flexibility index (Phi) is 5.01. The van der Waals surface area contributed by atoms with Crippen molar-refractivity contribution in [2.75, 3.05) is 14.1 Å². The van der Waals surface area contributed by atoms with Crippen molar-refractivity contribution in [3.05, 3.63) is 69.2 Å². The van der Waals surface area contributed by atoms with Crippen molar-refractivity contribution in [2.24, 2.45) is 5.92 Å². The lowest BCUT2D eigenvalue weighted by molar-refractivity contribution is 0.205. The van der Waals surface area contributed by atoms with Gasteiger partial charge in [0.15, 0.2) is 0 Å². The quantitative estimate of drug-likeness (QED) is 0.694. The summed E-state index contributed by atoms with van der Waals surface area (Å²) >= 11 is 12.4. The third-order valence-electron chi connectivity index (χ3n) is 5.29. The van der Waals surface area contributed by atoms with Crippen LogP contribution in [0.15, 0.2) is 42.5 Å². The molecule has 0 radical (unpaired) electrons. The van der Waals surface area contributed by atoms with E-state index in [4.69, 9.17) is 23.2 Å². The maximum absolute atomic E-state index is 6.27. The van der Waals surface area contributed by atoms with Crippen molar-refractivity contribution in [3.63, 3.8) is 0 Å². The van der Waals surface area contributed by atoms with Crippen LogP contribution in [0, 0.1) is 5.92 Å². The summed E-state index contributed by atoms with van der Waals surface area (Å²) in [5, 5.41) is 1.27. The summed E-state index contributed by atoms with van der Waals surface area (Å²) < 4.78 is 0. The molecule has 0 bridgehead atoms. The van der Waals surface area contributed by atoms with E-state index >= 15 is 0 Å². The Hall–Kier alpha value is -1.02. The van der Waals surface area contributed by atoms with Gasteiger partial charge in [-0.2, -0.15) is 0 Å². The minimum atomic E-state index is 0.391. The zero-order valence-corrected chi connectivity index (χ0v) is 15.4. The van der Waals surface area contributed by atoms with Crippen molar-refractivity contribution in [1.29, 1.82) is 0 Å². The van der Waals surface area contributed by atoms with Gasteiger partial charge in [-0.25, -0.2) is 0 Å². The summed E-state index contributed by atoms with van der Waals surface area (Å²) in [6.07, 6.45) is 2.29. The first-order valence-electron chi connectivity index (χ1n) is 8.16. The van der Waals surface area contributed by atoms with Crippen LogP contribution in [0.5, 0.6) is 0 Å². The van der Waals surface area contributed by atoms with E-state index in [1.165, 1.54) is 16.7 Å². The monoisotopic (exact) mass is 347 g/mol. The molecule has 0 unspecified atom stereocenters. The fraction of sp³-hybridized carbons (Fsp3) is 0.400. The molecule has 0 heterocycles. The summed E-state index contributed by atoms with van der Waals surface area (Å²) in [6.45, 7) is 2.32. The van der Waals surface area contributed by atoms with E-state index in [-0.39, 0.29) is 0 Å². The Labute approximate surface area is 149 Å². The first-order chi connectivity index (χ1) is 11.0. The second-order valence-electron chi connectivity index (χ2n) is 6.83. The molecule has 0 N–H and O–H groups in total. The van der Waals surface area contributed by atoms with Gasteiger partial charge >= 0.3 is 0 Å². The lowest BCUT2D eigenvalue weighted by atomic mass is 9.72. The van der Waals surface area contributed by atoms with E-state index in [9.17, 15) is 0 Å². The molecule has 3 rings (SSSR count). The molecule has 0 aromatic heterocycles. The third-order valence-corrected chi connectivity index (χ3v) is 6.03. The average molecular weight is 348 g/mol. The first kappa shape index (κ1) is 16.8. The largest absolute Gasteiger partial charge is 0.306 e. The molecule has 2 aromatic rings. The summed E-state index contributed by atoms with van der Waals surface area (Å²) in [7, 11) is 4.33. The van der Waals surface area contributed by atoms with E-state index in [0.29, 0.717) is 27.9 Å². The van der Waals surface area contributed by atoms with Gasteiger partial charge in [-0.15, -0.1) is 0 Å². The molecule has 0 saturated heterocycles. The van der Waals surface area contributed by atoms with Crippen molar-refractivity contribution in [3.8, 4) is 0 Å². The van der Waals surface area contributed by atoms with Crippen LogP contribution in [0.25, 0.3) is 0 Å². The number of benzene rings is 2. The van der Waals surface area contributed by atoms with Crippen LogP contribution < -0.4 is 0 Å². The van der Waals surface area contributed by atoms with Gasteiger partial charge in [0.1, 0.15) is 0 Å². The summed E-state index contributed by atoms with van der Waals surface area (Å²) in [4.78, 5) is 2.32. The van der Waals surface area contributed by atoms with Crippen LogP contribution in [-0.4, -0.2) is 25.0 Å². The molecule has 0 saturated carbocycles. The SMILES string of the molecule is C[C@@H]([C@@H]1Cc2ccccc2[C@H](c2ccc(Cl)c(Cl)c2)C1)N(C)C. The number of hydrogen-bond donors (Lipinski definition) is 0. The summed E-state index contributed by atoms with van der Waals surface area (Å²) in [5.41, 5.74) is 4.17. The standard InChI is InChI=1S/C20H23Cl2N/c1-13(23(2)3)16-10-14-6-4-5-7-17(14)18(11-16)15-8-9-19(21)20(22)12-15/h4-9,12-13,16,18H,10-11H2,1-3H3/t13-,16+,18-/m0/s1. The van der Waals surface area contributed by atoms with Crippen LogP contribution in [-0.2, 0) is 6.42 Å². The Morgan fingerprint density at radius 1 is 1.04 bits per heavy atom. The second-order valence-corrected chi connectivity index (χ2v) is 7.64. The highest BCUT2D eigenvalue weighted by Crippen LogP contribution is 2.42. The number of fused-ring (bicyclic) bond motifs is 1. The highest BCUT2D eigenvalue weighted by molar-refractivity contribution is 6.42. The molecule has 0 amide bonds. The minimum absolute atomic E-state index is 0.391. The van der Waals surface area contributed by atoms with Gasteiger partial charge in [0.05, 0.1) is 10.0 Å². The minimum Gasteiger partial charge on any atom is -0.306 e. The molecule has 0 aliphatic heterocycles. The van der Waals surface area contributed by atoms with Gasteiger partial charge in [-0.3, -0.25) is 0 Å². The number of halogens is 2. The lowest BCUT2D eigenvalue weighted by Gasteiger charge is -2.37. The lowest BCUT2D eigenvalue weighted by Crippen LogP contribution is -2.36. The van der Waals surface area contributed by atoms with E-state index < -0.39 is 0 Å². The number of rotatable bonds is 3. The molecule has 23 heavy (non-hydrogen) atoms. The molecule has 122 valence electrons. The summed E-state index contributed by atoms with van der Waals surface area (Å²) in [5.74, 6) is 1.03. The van der Waals surface area contributed by atoms with Gasteiger partial charge in [-0.1, -0.05) is 53.5 Å². The first-order valence-corrected chi connectivity index (χ1v) is 8.92. The van der Waals surface area contributed by atoms with Crippen LogP contribution in [0.1, 0.15) is 36.0 Å². The Balaban J connectivity index is 2.01. The van der Waals surface area contributed by atoms with Gasteiger partial charge in [-0.05, 0) is 68.6 Å². The molecule has 3 atom stereocenters. The van der Waals surface area contributed by atoms with Gasteiger partial charge in [0, 0.05) is 12.0 Å². The van der Waals surface area contributed by atoms with E-state index in [0.717, 1.165) is 12.8 Å². The Bertz CT molecular complexity index is 696. The van der Waals surface area contributed by atoms with E-state index in [1.54, 1.807) is 0 Å². The molecule has 1 nitrogen and oxygen atoms in total. The highest BCUT2D eigenvalue weighted by atomic mass is 35.5. The zero-order valence-electron chi connectivity index (χ0n) is 13.9. The van der Waals surface area contributed by atoms with Gasteiger partial charge in [0.2, 0.25) is 0 Å². The smallest absolute Gasteiger partial charge is 0.0595 e. The maximum atomic E-state index is 6.27. The molecule has 1 aliphatic carbocycles. The molecule has 2 aromatic carbocycles. The topological polar surface area (TPSA) is 3.24 Å². The average Bonchev–Trinajstić information content (AvgIpc) is 2.55. The van der Waals surface area contributed by atoms with Crippen molar-refractivity contribution in [2.45, 2.75) is 31.7 Å². The molecule has 0 spiro atoms. The van der Waals surface area contributed by atoms with E-state index in [2.05, 4.69) is 56.3 Å². The van der Waals surface area contributed by atoms with Crippen LogP contribution >= 0.6 is 23.2 Å². The zero-order chi connectivity index (χ0) is 16.6. The molecule has 3 heteroatoms. The van der Waals surface area contributed by atoms with Crippen LogP contribution in [0.4, 0.5) is 0 Å². The van der Waals surface area contributed by atoms with Gasteiger partial charge < -0.3 is 4.90 Å². The second kappa shape index (κ2) is 6.84. The van der Waals surface area contributed by atoms with Crippen molar-refractivity contribution in [1.82, 2.24) is 4.90 Å². The van der Waals surface area contributed by atoms with E-state index in [1.807, 2.05) is 12.1 Å².